The van der Waals surface area contributed by atoms with Crippen molar-refractivity contribution in [3.05, 3.63) is 48.0 Å². The number of nitrogens with one attached hydrogen (secondary N) is 1. The van der Waals surface area contributed by atoms with E-state index in [2.05, 4.69) is 57.6 Å². The molecule has 0 aromatic heterocycles. The lowest BCUT2D eigenvalue weighted by Gasteiger charge is -2.36. The maximum atomic E-state index is 13.4. The van der Waals surface area contributed by atoms with E-state index in [4.69, 9.17) is 5.73 Å². The fourth-order valence-electron chi connectivity index (χ4n) is 7.24. The zero-order valence-corrected chi connectivity index (χ0v) is 24.7. The van der Waals surface area contributed by atoms with Crippen LogP contribution in [0, 0.1) is 11.8 Å². The number of benzene rings is 2. The minimum atomic E-state index is 0.128. The highest BCUT2D eigenvalue weighted by atomic mass is 16.2. The summed E-state index contributed by atoms with van der Waals surface area (Å²) in [5, 5.41) is 3.36. The van der Waals surface area contributed by atoms with E-state index in [0.717, 1.165) is 99.8 Å². The van der Waals surface area contributed by atoms with Crippen LogP contribution in [-0.4, -0.2) is 41.9 Å². The van der Waals surface area contributed by atoms with Crippen LogP contribution in [0.5, 0.6) is 0 Å². The molecule has 3 saturated carbocycles. The third-order valence-electron chi connectivity index (χ3n) is 9.93. The molecule has 6 nitrogen and oxygen atoms in total. The summed E-state index contributed by atoms with van der Waals surface area (Å²) in [6, 6.07) is 15.8. The summed E-state index contributed by atoms with van der Waals surface area (Å²) in [6.07, 6.45) is 15.3. The molecule has 1 heterocycles. The number of carbonyl (C=O) groups excluding carboxylic acids is 2. The lowest BCUT2D eigenvalue weighted by Crippen LogP contribution is -2.44. The molecule has 2 aromatic rings. The van der Waals surface area contributed by atoms with E-state index in [1.807, 2.05) is 0 Å². The fourth-order valence-corrected chi connectivity index (χ4v) is 7.24. The number of nitrogens with zero attached hydrogens (tertiary/aromatic N) is 2. The standard InChI is InChI=1S/C35H48N4O2/c36-30-15-17-31(18-16-30)39(35(41)27-12-13-27)24-25-8-7-11-28(22-25)29-14-19-33(38-20-5-1-2-6-21-38)32(23-29)37-34(40)26-9-3-4-10-26/h7-8,11,14,19,22-23,26-27,30-31H,1-6,9-10,12-13,15-18,20-21,24,36H2,(H,37,40). The first-order chi connectivity index (χ1) is 20.0. The number of rotatable bonds is 8. The Morgan fingerprint density at radius 2 is 1.49 bits per heavy atom. The SMILES string of the molecule is NC1CCC(N(Cc2cccc(-c3ccc(N4CCCCCC4)c(NC(=O)C4CCCC4)c3)c2)C(=O)C2CC2)CC1. The van der Waals surface area contributed by atoms with Gasteiger partial charge in [0.15, 0.2) is 0 Å². The van der Waals surface area contributed by atoms with Crippen molar-refractivity contribution in [2.24, 2.45) is 17.6 Å². The van der Waals surface area contributed by atoms with Crippen LogP contribution in [-0.2, 0) is 16.1 Å². The predicted molar refractivity (Wildman–Crippen MR) is 167 cm³/mol. The number of carbonyl (C=O) groups is 2. The van der Waals surface area contributed by atoms with Crippen molar-refractivity contribution in [1.29, 1.82) is 0 Å². The van der Waals surface area contributed by atoms with Crippen molar-refractivity contribution in [3.63, 3.8) is 0 Å². The van der Waals surface area contributed by atoms with Gasteiger partial charge in [-0.25, -0.2) is 0 Å². The molecule has 3 N–H and O–H groups in total. The van der Waals surface area contributed by atoms with Crippen LogP contribution in [0.1, 0.15) is 95.5 Å². The Hall–Kier alpha value is -2.86. The lowest BCUT2D eigenvalue weighted by atomic mass is 9.90. The number of hydrogen-bond acceptors (Lipinski definition) is 4. The first-order valence-electron chi connectivity index (χ1n) is 16.4. The summed E-state index contributed by atoms with van der Waals surface area (Å²) in [5.41, 5.74) is 11.7. The van der Waals surface area contributed by atoms with Gasteiger partial charge in [-0.1, -0.05) is 49.9 Å². The Kier molecular flexibility index (Phi) is 8.95. The Bertz CT molecular complexity index is 1200. The number of amides is 2. The topological polar surface area (TPSA) is 78.7 Å². The van der Waals surface area contributed by atoms with Crippen molar-refractivity contribution >= 4 is 23.2 Å². The minimum Gasteiger partial charge on any atom is -0.370 e. The summed E-state index contributed by atoms with van der Waals surface area (Å²) in [7, 11) is 0. The van der Waals surface area contributed by atoms with Crippen LogP contribution in [0.2, 0.25) is 0 Å². The smallest absolute Gasteiger partial charge is 0.227 e. The predicted octanol–water partition coefficient (Wildman–Crippen LogP) is 6.87. The van der Waals surface area contributed by atoms with Crippen LogP contribution >= 0.6 is 0 Å². The molecule has 0 unspecified atom stereocenters. The summed E-state index contributed by atoms with van der Waals surface area (Å²) in [6.45, 7) is 2.73. The largest absolute Gasteiger partial charge is 0.370 e. The van der Waals surface area contributed by atoms with Crippen LogP contribution in [0.3, 0.4) is 0 Å². The summed E-state index contributed by atoms with van der Waals surface area (Å²) >= 11 is 0. The molecule has 0 bridgehead atoms. The Morgan fingerprint density at radius 1 is 0.780 bits per heavy atom. The summed E-state index contributed by atoms with van der Waals surface area (Å²) < 4.78 is 0. The average molecular weight is 557 g/mol. The van der Waals surface area contributed by atoms with Gasteiger partial charge in [0.2, 0.25) is 11.8 Å². The fraction of sp³-hybridized carbons (Fsp3) is 0.600. The van der Waals surface area contributed by atoms with Crippen molar-refractivity contribution in [3.8, 4) is 11.1 Å². The Labute approximate surface area is 246 Å². The molecule has 0 spiro atoms. The second-order valence-corrected chi connectivity index (χ2v) is 13.1. The molecule has 4 aliphatic rings. The van der Waals surface area contributed by atoms with Gasteiger partial charge in [-0.05, 0) is 99.1 Å². The van der Waals surface area contributed by atoms with E-state index in [9.17, 15) is 9.59 Å². The first kappa shape index (κ1) is 28.3. The van der Waals surface area contributed by atoms with E-state index in [1.54, 1.807) is 0 Å². The molecule has 3 aliphatic carbocycles. The monoisotopic (exact) mass is 556 g/mol. The highest BCUT2D eigenvalue weighted by Gasteiger charge is 2.37. The maximum Gasteiger partial charge on any atom is 0.227 e. The Morgan fingerprint density at radius 3 is 2.20 bits per heavy atom. The molecule has 0 radical (unpaired) electrons. The lowest BCUT2D eigenvalue weighted by molar-refractivity contribution is -0.136. The second kappa shape index (κ2) is 13.0. The molecule has 41 heavy (non-hydrogen) atoms. The minimum absolute atomic E-state index is 0.128. The molecule has 4 fully saturated rings. The molecule has 2 aromatic carbocycles. The molecule has 1 aliphatic heterocycles. The van der Waals surface area contributed by atoms with Gasteiger partial charge >= 0.3 is 0 Å². The normalized spacial score (nSPS) is 23.7. The maximum absolute atomic E-state index is 13.4. The first-order valence-corrected chi connectivity index (χ1v) is 16.4. The molecular formula is C35H48N4O2. The van der Waals surface area contributed by atoms with Crippen LogP contribution in [0.15, 0.2) is 42.5 Å². The van der Waals surface area contributed by atoms with Gasteiger partial charge < -0.3 is 20.9 Å². The van der Waals surface area contributed by atoms with Crippen LogP contribution < -0.4 is 16.0 Å². The van der Waals surface area contributed by atoms with E-state index < -0.39 is 0 Å². The highest BCUT2D eigenvalue weighted by Crippen LogP contribution is 2.37. The Balaban J connectivity index is 1.26. The van der Waals surface area contributed by atoms with Gasteiger partial charge in [0.25, 0.3) is 0 Å². The zero-order valence-electron chi connectivity index (χ0n) is 24.7. The summed E-state index contributed by atoms with van der Waals surface area (Å²) in [5.74, 6) is 0.843. The van der Waals surface area contributed by atoms with Gasteiger partial charge in [-0.15, -0.1) is 0 Å². The van der Waals surface area contributed by atoms with Crippen LogP contribution in [0.25, 0.3) is 11.1 Å². The summed E-state index contributed by atoms with van der Waals surface area (Å²) in [4.78, 5) is 31.3. The third kappa shape index (κ3) is 6.97. The van der Waals surface area contributed by atoms with Gasteiger partial charge in [-0.2, -0.15) is 0 Å². The molecule has 2 amide bonds. The third-order valence-corrected chi connectivity index (χ3v) is 9.93. The van der Waals surface area contributed by atoms with Crippen molar-refractivity contribution in [2.45, 2.75) is 109 Å². The van der Waals surface area contributed by atoms with Crippen molar-refractivity contribution < 1.29 is 9.59 Å². The van der Waals surface area contributed by atoms with Gasteiger partial charge in [0.1, 0.15) is 0 Å². The second-order valence-electron chi connectivity index (χ2n) is 13.1. The molecule has 6 rings (SSSR count). The molecule has 220 valence electrons. The van der Waals surface area contributed by atoms with E-state index >= 15 is 0 Å². The van der Waals surface area contributed by atoms with E-state index in [0.29, 0.717) is 12.5 Å². The quantitative estimate of drug-likeness (QED) is 0.372. The molecule has 1 saturated heterocycles. The number of nitrogens with two attached hydrogens (primary N) is 1. The number of hydrogen-bond donors (Lipinski definition) is 2. The van der Waals surface area contributed by atoms with Crippen LogP contribution in [0.4, 0.5) is 11.4 Å². The molecule has 0 atom stereocenters. The highest BCUT2D eigenvalue weighted by molar-refractivity contribution is 5.97. The number of anilines is 2. The molecular weight excluding hydrogens is 508 g/mol. The van der Waals surface area contributed by atoms with Crippen molar-refractivity contribution in [2.75, 3.05) is 23.3 Å². The van der Waals surface area contributed by atoms with E-state index in [1.165, 1.54) is 31.2 Å². The van der Waals surface area contributed by atoms with Crippen molar-refractivity contribution in [1.82, 2.24) is 4.90 Å². The average Bonchev–Trinajstić information content (AvgIpc) is 3.76. The van der Waals surface area contributed by atoms with Gasteiger partial charge in [0.05, 0.1) is 11.4 Å². The zero-order chi connectivity index (χ0) is 28.2. The van der Waals surface area contributed by atoms with Gasteiger partial charge in [-0.3, -0.25) is 9.59 Å². The van der Waals surface area contributed by atoms with Gasteiger partial charge in [0, 0.05) is 43.6 Å². The molecule has 6 heteroatoms. The van der Waals surface area contributed by atoms with E-state index in [-0.39, 0.29) is 29.8 Å².